The fourth-order valence-electron chi connectivity index (χ4n) is 3.79. The molecular formula is C16H22BrFN2. The predicted octanol–water partition coefficient (Wildman–Crippen LogP) is 4.09. The number of piperidine rings is 1. The van der Waals surface area contributed by atoms with E-state index in [4.69, 9.17) is 0 Å². The number of hydrogen-bond donors (Lipinski definition) is 1. The lowest BCUT2D eigenvalue weighted by atomic mass is 9.96. The average Bonchev–Trinajstić information content (AvgIpc) is 2.68. The lowest BCUT2D eigenvalue weighted by Crippen LogP contribution is -2.49. The molecule has 1 aromatic carbocycles. The zero-order valence-electron chi connectivity index (χ0n) is 11.9. The van der Waals surface area contributed by atoms with Gasteiger partial charge in [-0.25, -0.2) is 4.39 Å². The van der Waals surface area contributed by atoms with Crippen LogP contribution in [0.1, 0.15) is 39.0 Å². The number of nitrogens with one attached hydrogen (secondary N) is 1. The minimum atomic E-state index is -0.101. The Morgan fingerprint density at radius 2 is 2.00 bits per heavy atom. The van der Waals surface area contributed by atoms with Crippen molar-refractivity contribution in [2.45, 2.75) is 57.2 Å². The summed E-state index contributed by atoms with van der Waals surface area (Å²) >= 11 is 3.53. The van der Waals surface area contributed by atoms with Crippen molar-refractivity contribution in [3.8, 4) is 0 Å². The number of para-hydroxylation sites is 1. The molecule has 0 spiro atoms. The molecule has 0 aliphatic carbocycles. The summed E-state index contributed by atoms with van der Waals surface area (Å²) in [5, 5.41) is 3.64. The van der Waals surface area contributed by atoms with Crippen LogP contribution in [0.2, 0.25) is 0 Å². The van der Waals surface area contributed by atoms with Gasteiger partial charge in [0.25, 0.3) is 0 Å². The highest BCUT2D eigenvalue weighted by atomic mass is 79.9. The molecule has 4 heteroatoms. The maximum absolute atomic E-state index is 14.2. The van der Waals surface area contributed by atoms with Gasteiger partial charge in [0.2, 0.25) is 0 Å². The van der Waals surface area contributed by atoms with Crippen LogP contribution < -0.4 is 10.2 Å². The van der Waals surface area contributed by atoms with Crippen LogP contribution in [-0.4, -0.2) is 24.7 Å². The highest BCUT2D eigenvalue weighted by molar-refractivity contribution is 9.10. The van der Waals surface area contributed by atoms with Gasteiger partial charge in [0.05, 0.1) is 5.69 Å². The van der Waals surface area contributed by atoms with Gasteiger partial charge < -0.3 is 10.2 Å². The average molecular weight is 341 g/mol. The van der Waals surface area contributed by atoms with E-state index in [0.717, 1.165) is 29.5 Å². The molecule has 2 unspecified atom stereocenters. The van der Waals surface area contributed by atoms with E-state index in [-0.39, 0.29) is 5.82 Å². The van der Waals surface area contributed by atoms with E-state index in [1.165, 1.54) is 19.3 Å². The van der Waals surface area contributed by atoms with Gasteiger partial charge in [-0.3, -0.25) is 0 Å². The molecular weight excluding hydrogens is 319 g/mol. The fourth-order valence-corrected chi connectivity index (χ4v) is 4.34. The number of benzene rings is 1. The van der Waals surface area contributed by atoms with Gasteiger partial charge in [0.1, 0.15) is 5.82 Å². The monoisotopic (exact) mass is 340 g/mol. The molecule has 2 aliphatic heterocycles. The molecule has 2 atom stereocenters. The second-order valence-electron chi connectivity index (χ2n) is 5.98. The first-order valence-electron chi connectivity index (χ1n) is 7.66. The highest BCUT2D eigenvalue weighted by Gasteiger charge is 2.42. The molecule has 0 radical (unpaired) electrons. The van der Waals surface area contributed by atoms with Crippen LogP contribution >= 0.6 is 15.9 Å². The van der Waals surface area contributed by atoms with Crippen molar-refractivity contribution in [1.29, 1.82) is 0 Å². The summed E-state index contributed by atoms with van der Waals surface area (Å²) in [6.07, 6.45) is 5.83. The third-order valence-corrected chi connectivity index (χ3v) is 5.25. The third-order valence-electron chi connectivity index (χ3n) is 4.61. The van der Waals surface area contributed by atoms with E-state index in [2.05, 4.69) is 33.1 Å². The standard InChI is InChI=1S/C16H22BrFN2/c1-2-8-19-11-9-12-6-7-13(10-11)20(12)16-14(17)4-3-5-15(16)18/h3-5,11-13,19H,2,6-10H2,1H3. The topological polar surface area (TPSA) is 15.3 Å². The number of fused-ring (bicyclic) bond motifs is 2. The molecule has 110 valence electrons. The van der Waals surface area contributed by atoms with E-state index in [0.29, 0.717) is 18.1 Å². The summed E-state index contributed by atoms with van der Waals surface area (Å²) < 4.78 is 15.1. The first kappa shape index (κ1) is 14.3. The molecule has 2 nitrogen and oxygen atoms in total. The van der Waals surface area contributed by atoms with E-state index in [9.17, 15) is 4.39 Å². The van der Waals surface area contributed by atoms with E-state index in [1.807, 2.05) is 6.07 Å². The molecule has 0 amide bonds. The second kappa shape index (κ2) is 6.02. The Balaban J connectivity index is 1.80. The summed E-state index contributed by atoms with van der Waals surface area (Å²) in [5.74, 6) is -0.101. The van der Waals surface area contributed by atoms with Crippen LogP contribution in [0.4, 0.5) is 10.1 Å². The molecule has 2 aliphatic rings. The van der Waals surface area contributed by atoms with E-state index in [1.54, 1.807) is 12.1 Å². The molecule has 0 aromatic heterocycles. The van der Waals surface area contributed by atoms with Crippen LogP contribution in [-0.2, 0) is 0 Å². The molecule has 2 heterocycles. The number of nitrogens with zero attached hydrogens (tertiary/aromatic N) is 1. The number of rotatable bonds is 4. The van der Waals surface area contributed by atoms with Gasteiger partial charge in [-0.2, -0.15) is 0 Å². The Kier molecular flexibility index (Phi) is 4.32. The van der Waals surface area contributed by atoms with E-state index < -0.39 is 0 Å². The Morgan fingerprint density at radius 1 is 1.30 bits per heavy atom. The third kappa shape index (κ3) is 2.60. The van der Waals surface area contributed by atoms with Gasteiger partial charge in [-0.1, -0.05) is 13.0 Å². The minimum Gasteiger partial charge on any atom is -0.362 e. The number of anilines is 1. The van der Waals surface area contributed by atoms with Crippen molar-refractivity contribution in [2.75, 3.05) is 11.4 Å². The highest BCUT2D eigenvalue weighted by Crippen LogP contribution is 2.43. The van der Waals surface area contributed by atoms with Crippen LogP contribution in [0.3, 0.4) is 0 Å². The number of hydrogen-bond acceptors (Lipinski definition) is 2. The lowest BCUT2D eigenvalue weighted by Gasteiger charge is -2.41. The molecule has 2 saturated heterocycles. The van der Waals surface area contributed by atoms with Crippen LogP contribution in [0.5, 0.6) is 0 Å². The van der Waals surface area contributed by atoms with Gasteiger partial charge in [0, 0.05) is 22.6 Å². The summed E-state index contributed by atoms with van der Waals surface area (Å²) in [6.45, 7) is 3.29. The Labute approximate surface area is 128 Å². The summed E-state index contributed by atoms with van der Waals surface area (Å²) in [4.78, 5) is 2.34. The minimum absolute atomic E-state index is 0.101. The maximum atomic E-state index is 14.2. The Morgan fingerprint density at radius 3 is 2.60 bits per heavy atom. The molecule has 2 bridgehead atoms. The predicted molar refractivity (Wildman–Crippen MR) is 84.7 cm³/mol. The first-order chi connectivity index (χ1) is 9.70. The van der Waals surface area contributed by atoms with Crippen molar-refractivity contribution >= 4 is 21.6 Å². The van der Waals surface area contributed by atoms with Gasteiger partial charge in [0.15, 0.2) is 0 Å². The van der Waals surface area contributed by atoms with Crippen molar-refractivity contribution in [3.63, 3.8) is 0 Å². The van der Waals surface area contributed by atoms with E-state index >= 15 is 0 Å². The summed E-state index contributed by atoms with van der Waals surface area (Å²) in [6, 6.07) is 6.85. The smallest absolute Gasteiger partial charge is 0.147 e. The molecule has 1 N–H and O–H groups in total. The van der Waals surface area contributed by atoms with Gasteiger partial charge >= 0.3 is 0 Å². The van der Waals surface area contributed by atoms with Crippen molar-refractivity contribution in [1.82, 2.24) is 5.32 Å². The van der Waals surface area contributed by atoms with Crippen LogP contribution in [0.15, 0.2) is 22.7 Å². The molecule has 3 rings (SSSR count). The Bertz CT molecular complexity index is 445. The largest absolute Gasteiger partial charge is 0.362 e. The first-order valence-corrected chi connectivity index (χ1v) is 8.45. The summed E-state index contributed by atoms with van der Waals surface area (Å²) in [7, 11) is 0. The zero-order valence-corrected chi connectivity index (χ0v) is 13.5. The molecule has 2 fully saturated rings. The summed E-state index contributed by atoms with van der Waals surface area (Å²) in [5.41, 5.74) is 0.772. The van der Waals surface area contributed by atoms with Crippen LogP contribution in [0.25, 0.3) is 0 Å². The molecule has 20 heavy (non-hydrogen) atoms. The van der Waals surface area contributed by atoms with Crippen molar-refractivity contribution in [2.24, 2.45) is 0 Å². The van der Waals surface area contributed by atoms with Crippen molar-refractivity contribution in [3.05, 3.63) is 28.5 Å². The normalized spacial score (nSPS) is 28.9. The van der Waals surface area contributed by atoms with Gasteiger partial charge in [-0.05, 0) is 66.7 Å². The second-order valence-corrected chi connectivity index (χ2v) is 6.84. The van der Waals surface area contributed by atoms with Crippen molar-refractivity contribution < 1.29 is 4.39 Å². The fraction of sp³-hybridized carbons (Fsp3) is 0.625. The van der Waals surface area contributed by atoms with Gasteiger partial charge in [-0.15, -0.1) is 0 Å². The Hall–Kier alpha value is -0.610. The van der Waals surface area contributed by atoms with Crippen LogP contribution in [0, 0.1) is 5.82 Å². The molecule has 0 saturated carbocycles. The quantitative estimate of drug-likeness (QED) is 0.888. The SMILES string of the molecule is CCCNC1CC2CCC(C1)N2c1c(F)cccc1Br. The molecule has 1 aromatic rings. The maximum Gasteiger partial charge on any atom is 0.147 e. The lowest BCUT2D eigenvalue weighted by molar-refractivity contribution is 0.354. The number of halogens is 2. The zero-order chi connectivity index (χ0) is 14.1.